The van der Waals surface area contributed by atoms with Gasteiger partial charge in [-0.1, -0.05) is 61.9 Å². The third-order valence-electron chi connectivity index (χ3n) is 4.95. The average molecular weight is 361 g/mol. The first-order valence-corrected chi connectivity index (χ1v) is 9.41. The van der Waals surface area contributed by atoms with Gasteiger partial charge in [-0.3, -0.25) is 4.79 Å². The highest BCUT2D eigenvalue weighted by molar-refractivity contribution is 5.94. The van der Waals surface area contributed by atoms with E-state index < -0.39 is 0 Å². The molecule has 0 saturated heterocycles. The van der Waals surface area contributed by atoms with Crippen LogP contribution in [0.4, 0.5) is 0 Å². The van der Waals surface area contributed by atoms with Gasteiger partial charge in [0.1, 0.15) is 5.69 Å². The van der Waals surface area contributed by atoms with E-state index in [9.17, 15) is 4.79 Å². The van der Waals surface area contributed by atoms with Gasteiger partial charge in [-0.2, -0.15) is 5.10 Å². The lowest BCUT2D eigenvalue weighted by Crippen LogP contribution is -2.37. The van der Waals surface area contributed by atoms with Gasteiger partial charge in [0.2, 0.25) is 0 Å². The molecule has 0 bridgehead atoms. The van der Waals surface area contributed by atoms with E-state index in [1.165, 1.54) is 5.56 Å². The van der Waals surface area contributed by atoms with E-state index in [2.05, 4.69) is 32.2 Å². The number of carbonyl (C=O) groups excluding carboxylic acids is 1. The van der Waals surface area contributed by atoms with Crippen LogP contribution < -0.4 is 5.32 Å². The molecule has 4 nitrogen and oxygen atoms in total. The fourth-order valence-electron chi connectivity index (χ4n) is 2.97. The Balaban J connectivity index is 2.09. The third kappa shape index (κ3) is 4.11. The molecule has 1 unspecified atom stereocenters. The van der Waals surface area contributed by atoms with Crippen LogP contribution in [-0.2, 0) is 0 Å². The topological polar surface area (TPSA) is 46.9 Å². The Morgan fingerprint density at radius 2 is 1.70 bits per heavy atom. The summed E-state index contributed by atoms with van der Waals surface area (Å²) < 4.78 is 1.76. The van der Waals surface area contributed by atoms with Crippen molar-refractivity contribution in [2.45, 2.75) is 40.7 Å². The summed E-state index contributed by atoms with van der Waals surface area (Å²) >= 11 is 0. The Morgan fingerprint density at radius 1 is 1.00 bits per heavy atom. The molecule has 1 N–H and O–H groups in total. The molecule has 1 aromatic heterocycles. The zero-order chi connectivity index (χ0) is 19.6. The molecule has 0 aliphatic carbocycles. The van der Waals surface area contributed by atoms with Crippen LogP contribution in [0, 0.1) is 19.8 Å². The number of hydrogen-bond acceptors (Lipinski definition) is 2. The average Bonchev–Trinajstić information content (AvgIpc) is 3.07. The van der Waals surface area contributed by atoms with E-state index in [0.29, 0.717) is 11.6 Å². The first-order valence-electron chi connectivity index (χ1n) is 9.41. The van der Waals surface area contributed by atoms with Gasteiger partial charge in [0.25, 0.3) is 5.91 Å². The summed E-state index contributed by atoms with van der Waals surface area (Å²) in [6.07, 6.45) is 0. The quantitative estimate of drug-likeness (QED) is 0.700. The normalized spacial score (nSPS) is 12.2. The molecule has 1 heterocycles. The number of benzene rings is 2. The zero-order valence-electron chi connectivity index (χ0n) is 16.7. The van der Waals surface area contributed by atoms with Crippen LogP contribution in [0.2, 0.25) is 0 Å². The number of rotatable bonds is 5. The molecule has 0 aliphatic rings. The number of aryl methyl sites for hydroxylation is 2. The molecule has 27 heavy (non-hydrogen) atoms. The van der Waals surface area contributed by atoms with Gasteiger partial charge < -0.3 is 5.32 Å². The maximum atomic E-state index is 13.0. The van der Waals surface area contributed by atoms with Crippen LogP contribution in [0.5, 0.6) is 0 Å². The minimum absolute atomic E-state index is 0.0835. The fraction of sp³-hybridized carbons (Fsp3) is 0.304. The SMILES string of the molecule is Cc1ccc(-n2nc(-c3ccccc3)cc2C(=O)NC(C)C(C)C)c(C)c1. The summed E-state index contributed by atoms with van der Waals surface area (Å²) in [7, 11) is 0. The van der Waals surface area contributed by atoms with Crippen LogP contribution in [0.1, 0.15) is 42.4 Å². The van der Waals surface area contributed by atoms with Gasteiger partial charge in [0.15, 0.2) is 0 Å². The Morgan fingerprint density at radius 3 is 2.33 bits per heavy atom. The lowest BCUT2D eigenvalue weighted by atomic mass is 10.1. The molecule has 1 amide bonds. The number of aromatic nitrogens is 2. The van der Waals surface area contributed by atoms with Crippen molar-refractivity contribution in [3.05, 3.63) is 71.4 Å². The van der Waals surface area contributed by atoms with Crippen molar-refractivity contribution >= 4 is 5.91 Å². The second kappa shape index (κ2) is 7.78. The molecular formula is C23H27N3O. The van der Waals surface area contributed by atoms with Crippen molar-refractivity contribution in [2.75, 3.05) is 0 Å². The Kier molecular flexibility index (Phi) is 5.45. The van der Waals surface area contributed by atoms with E-state index in [-0.39, 0.29) is 11.9 Å². The van der Waals surface area contributed by atoms with Crippen LogP contribution in [0.25, 0.3) is 16.9 Å². The molecule has 3 rings (SSSR count). The standard InChI is InChI=1S/C23H27N3O/c1-15(2)18(5)24-23(27)22-14-20(19-9-7-6-8-10-19)25-26(22)21-12-11-16(3)13-17(21)4/h6-15,18H,1-5H3,(H,24,27). The maximum Gasteiger partial charge on any atom is 0.270 e. The first kappa shape index (κ1) is 18.9. The van der Waals surface area contributed by atoms with E-state index >= 15 is 0 Å². The van der Waals surface area contributed by atoms with Crippen molar-refractivity contribution < 1.29 is 4.79 Å². The maximum absolute atomic E-state index is 13.0. The van der Waals surface area contributed by atoms with Gasteiger partial charge in [-0.15, -0.1) is 0 Å². The van der Waals surface area contributed by atoms with Gasteiger partial charge in [-0.25, -0.2) is 4.68 Å². The second-order valence-electron chi connectivity index (χ2n) is 7.49. The van der Waals surface area contributed by atoms with E-state index in [0.717, 1.165) is 22.5 Å². The molecule has 0 fully saturated rings. The number of nitrogens with one attached hydrogen (secondary N) is 1. The van der Waals surface area contributed by atoms with Crippen molar-refractivity contribution in [1.82, 2.24) is 15.1 Å². The van der Waals surface area contributed by atoms with E-state index in [1.807, 2.05) is 62.4 Å². The number of amides is 1. The fourth-order valence-corrected chi connectivity index (χ4v) is 2.97. The molecule has 140 valence electrons. The van der Waals surface area contributed by atoms with E-state index in [4.69, 9.17) is 5.10 Å². The van der Waals surface area contributed by atoms with Crippen LogP contribution in [0.3, 0.4) is 0 Å². The lowest BCUT2D eigenvalue weighted by Gasteiger charge is -2.18. The molecule has 0 saturated carbocycles. The largest absolute Gasteiger partial charge is 0.348 e. The molecule has 0 aliphatic heterocycles. The Labute approximate surface area is 161 Å². The molecule has 3 aromatic rings. The van der Waals surface area contributed by atoms with Crippen molar-refractivity contribution in [1.29, 1.82) is 0 Å². The molecular weight excluding hydrogens is 334 g/mol. The molecule has 1 atom stereocenters. The summed E-state index contributed by atoms with van der Waals surface area (Å²) in [6.45, 7) is 10.3. The highest BCUT2D eigenvalue weighted by Crippen LogP contribution is 2.24. The Hall–Kier alpha value is -2.88. The van der Waals surface area contributed by atoms with Crippen molar-refractivity contribution in [3.63, 3.8) is 0 Å². The lowest BCUT2D eigenvalue weighted by molar-refractivity contribution is 0.0922. The predicted molar refractivity (Wildman–Crippen MR) is 110 cm³/mol. The monoisotopic (exact) mass is 361 g/mol. The zero-order valence-corrected chi connectivity index (χ0v) is 16.7. The summed E-state index contributed by atoms with van der Waals surface area (Å²) in [5, 5.41) is 7.87. The first-order chi connectivity index (χ1) is 12.9. The van der Waals surface area contributed by atoms with Crippen LogP contribution in [-0.4, -0.2) is 21.7 Å². The van der Waals surface area contributed by atoms with Gasteiger partial charge in [0, 0.05) is 11.6 Å². The minimum atomic E-state index is -0.106. The molecule has 0 spiro atoms. The summed E-state index contributed by atoms with van der Waals surface area (Å²) in [5.41, 5.74) is 5.53. The van der Waals surface area contributed by atoms with Crippen molar-refractivity contribution in [3.8, 4) is 16.9 Å². The highest BCUT2D eigenvalue weighted by Gasteiger charge is 2.20. The Bertz CT molecular complexity index is 942. The van der Waals surface area contributed by atoms with Crippen molar-refractivity contribution in [2.24, 2.45) is 5.92 Å². The van der Waals surface area contributed by atoms with Gasteiger partial charge >= 0.3 is 0 Å². The number of nitrogens with zero attached hydrogens (tertiary/aromatic N) is 2. The predicted octanol–water partition coefficient (Wildman–Crippen LogP) is 4.93. The van der Waals surface area contributed by atoms with Gasteiger partial charge in [-0.05, 0) is 44.4 Å². The summed E-state index contributed by atoms with van der Waals surface area (Å²) in [4.78, 5) is 13.0. The van der Waals surface area contributed by atoms with Crippen LogP contribution >= 0.6 is 0 Å². The third-order valence-corrected chi connectivity index (χ3v) is 4.95. The molecule has 4 heteroatoms. The molecule has 0 radical (unpaired) electrons. The minimum Gasteiger partial charge on any atom is -0.348 e. The summed E-state index contributed by atoms with van der Waals surface area (Å²) in [5.74, 6) is 0.255. The number of carbonyl (C=O) groups is 1. The summed E-state index contributed by atoms with van der Waals surface area (Å²) in [6, 6.07) is 18.1. The van der Waals surface area contributed by atoms with Gasteiger partial charge in [0.05, 0.1) is 11.4 Å². The van der Waals surface area contributed by atoms with Crippen LogP contribution in [0.15, 0.2) is 54.6 Å². The second-order valence-corrected chi connectivity index (χ2v) is 7.49. The molecule has 2 aromatic carbocycles. The van der Waals surface area contributed by atoms with E-state index in [1.54, 1.807) is 4.68 Å². The highest BCUT2D eigenvalue weighted by atomic mass is 16.2. The number of hydrogen-bond donors (Lipinski definition) is 1. The smallest absolute Gasteiger partial charge is 0.270 e.